The van der Waals surface area contributed by atoms with Gasteiger partial charge in [0, 0.05) is 38.0 Å². The lowest BCUT2D eigenvalue weighted by Crippen LogP contribution is -2.40. The minimum absolute atomic E-state index is 0.0477. The molecule has 1 saturated heterocycles. The van der Waals surface area contributed by atoms with Gasteiger partial charge < -0.3 is 15.1 Å². The molecule has 0 bridgehead atoms. The Labute approximate surface area is 161 Å². The standard InChI is InChI=1S/C20H33N5O2/c1-24(2)12-13-25-16(8-9-18(25)26)10-11-21-20(27)17-14-22-23-19(17)15-6-4-3-5-7-15/h14-16H,3-13H2,1-2H3,(H,21,27)(H,22,23). The maximum atomic E-state index is 12.6. The lowest BCUT2D eigenvalue weighted by Gasteiger charge is -2.26. The van der Waals surface area contributed by atoms with E-state index in [1.54, 1.807) is 6.20 Å². The molecule has 1 atom stereocenters. The first-order valence-electron chi connectivity index (χ1n) is 10.3. The minimum Gasteiger partial charge on any atom is -0.352 e. The van der Waals surface area contributed by atoms with Crippen LogP contribution in [0.4, 0.5) is 0 Å². The maximum absolute atomic E-state index is 12.6. The molecule has 0 radical (unpaired) electrons. The number of hydrogen-bond acceptors (Lipinski definition) is 4. The SMILES string of the molecule is CN(C)CCN1C(=O)CCC1CCNC(=O)c1cn[nH]c1C1CCCCC1. The van der Waals surface area contributed by atoms with Crippen LogP contribution in [0, 0.1) is 0 Å². The number of H-pyrrole nitrogens is 1. The van der Waals surface area contributed by atoms with Crippen LogP contribution in [0.2, 0.25) is 0 Å². The van der Waals surface area contributed by atoms with Gasteiger partial charge in [0.15, 0.2) is 0 Å². The molecule has 2 fully saturated rings. The van der Waals surface area contributed by atoms with E-state index in [-0.39, 0.29) is 17.9 Å². The molecule has 1 saturated carbocycles. The van der Waals surface area contributed by atoms with E-state index < -0.39 is 0 Å². The molecule has 27 heavy (non-hydrogen) atoms. The third kappa shape index (κ3) is 5.09. The summed E-state index contributed by atoms with van der Waals surface area (Å²) in [6.07, 6.45) is 9.98. The summed E-state index contributed by atoms with van der Waals surface area (Å²) in [6.45, 7) is 2.22. The normalized spacial score (nSPS) is 21.2. The largest absolute Gasteiger partial charge is 0.352 e. The van der Waals surface area contributed by atoms with Gasteiger partial charge in [0.25, 0.3) is 5.91 Å². The smallest absolute Gasteiger partial charge is 0.254 e. The van der Waals surface area contributed by atoms with Crippen molar-refractivity contribution in [1.82, 2.24) is 25.3 Å². The second-order valence-electron chi connectivity index (χ2n) is 8.16. The fraction of sp³-hybridized carbons (Fsp3) is 0.750. The van der Waals surface area contributed by atoms with Gasteiger partial charge in [0.1, 0.15) is 0 Å². The quantitative estimate of drug-likeness (QED) is 0.729. The predicted molar refractivity (Wildman–Crippen MR) is 105 cm³/mol. The van der Waals surface area contributed by atoms with E-state index in [0.717, 1.165) is 44.5 Å². The Morgan fingerprint density at radius 1 is 1.30 bits per heavy atom. The van der Waals surface area contributed by atoms with Crippen molar-refractivity contribution in [2.75, 3.05) is 33.7 Å². The second kappa shape index (κ2) is 9.35. The number of likely N-dealkylation sites (tertiary alicyclic amines) is 1. The van der Waals surface area contributed by atoms with Crippen molar-refractivity contribution in [1.29, 1.82) is 0 Å². The summed E-state index contributed by atoms with van der Waals surface area (Å²) in [5.74, 6) is 0.618. The van der Waals surface area contributed by atoms with Crippen molar-refractivity contribution in [2.45, 2.75) is 63.3 Å². The van der Waals surface area contributed by atoms with E-state index in [1.807, 2.05) is 19.0 Å². The zero-order chi connectivity index (χ0) is 19.2. The van der Waals surface area contributed by atoms with Gasteiger partial charge in [-0.25, -0.2) is 0 Å². The van der Waals surface area contributed by atoms with Crippen LogP contribution in [0.3, 0.4) is 0 Å². The molecule has 1 aromatic rings. The predicted octanol–water partition coefficient (Wildman–Crippen LogP) is 2.13. The molecule has 2 N–H and O–H groups in total. The molecule has 1 aromatic heterocycles. The highest BCUT2D eigenvalue weighted by Gasteiger charge is 2.30. The molecule has 2 amide bonds. The van der Waals surface area contributed by atoms with Crippen LogP contribution < -0.4 is 5.32 Å². The fourth-order valence-electron chi connectivity index (χ4n) is 4.34. The van der Waals surface area contributed by atoms with Crippen LogP contribution in [-0.2, 0) is 4.79 Å². The lowest BCUT2D eigenvalue weighted by molar-refractivity contribution is -0.129. The number of rotatable bonds is 8. The molecular formula is C20H33N5O2. The number of nitrogens with zero attached hydrogens (tertiary/aromatic N) is 3. The Kier molecular flexibility index (Phi) is 6.88. The number of carbonyl (C=O) groups excluding carboxylic acids is 2. The van der Waals surface area contributed by atoms with Crippen LogP contribution in [0.25, 0.3) is 0 Å². The van der Waals surface area contributed by atoms with Crippen molar-refractivity contribution < 1.29 is 9.59 Å². The molecule has 3 rings (SSSR count). The molecule has 0 spiro atoms. The monoisotopic (exact) mass is 375 g/mol. The first-order valence-corrected chi connectivity index (χ1v) is 10.3. The topological polar surface area (TPSA) is 81.3 Å². The Balaban J connectivity index is 1.49. The number of amides is 2. The summed E-state index contributed by atoms with van der Waals surface area (Å²) >= 11 is 0. The minimum atomic E-state index is -0.0477. The molecule has 7 heteroatoms. The Morgan fingerprint density at radius 3 is 2.81 bits per heavy atom. The average molecular weight is 376 g/mol. The molecule has 7 nitrogen and oxygen atoms in total. The zero-order valence-electron chi connectivity index (χ0n) is 16.7. The molecule has 1 aliphatic heterocycles. The number of aromatic nitrogens is 2. The van der Waals surface area contributed by atoms with Crippen LogP contribution >= 0.6 is 0 Å². The molecule has 0 aromatic carbocycles. The van der Waals surface area contributed by atoms with E-state index in [9.17, 15) is 9.59 Å². The summed E-state index contributed by atoms with van der Waals surface area (Å²) in [5, 5.41) is 10.2. The van der Waals surface area contributed by atoms with Crippen molar-refractivity contribution in [2.24, 2.45) is 0 Å². The zero-order valence-corrected chi connectivity index (χ0v) is 16.7. The fourth-order valence-corrected chi connectivity index (χ4v) is 4.34. The molecule has 2 aliphatic rings. The van der Waals surface area contributed by atoms with E-state index in [2.05, 4.69) is 20.4 Å². The van der Waals surface area contributed by atoms with Crippen molar-refractivity contribution in [3.63, 3.8) is 0 Å². The third-order valence-electron chi connectivity index (χ3n) is 5.93. The number of aromatic amines is 1. The number of hydrogen-bond donors (Lipinski definition) is 2. The molecule has 1 unspecified atom stereocenters. The summed E-state index contributed by atoms with van der Waals surface area (Å²) in [5.41, 5.74) is 1.68. The van der Waals surface area contributed by atoms with Crippen molar-refractivity contribution in [3.05, 3.63) is 17.5 Å². The highest BCUT2D eigenvalue weighted by atomic mass is 16.2. The average Bonchev–Trinajstić information content (AvgIpc) is 3.28. The molecule has 2 heterocycles. The number of carbonyl (C=O) groups is 2. The van der Waals surface area contributed by atoms with Gasteiger partial charge in [-0.05, 0) is 39.8 Å². The molecule has 1 aliphatic carbocycles. The summed E-state index contributed by atoms with van der Waals surface area (Å²) < 4.78 is 0. The molecular weight excluding hydrogens is 342 g/mol. The van der Waals surface area contributed by atoms with E-state index in [1.165, 1.54) is 19.3 Å². The summed E-state index contributed by atoms with van der Waals surface area (Å²) in [4.78, 5) is 28.8. The van der Waals surface area contributed by atoms with Crippen LogP contribution in [-0.4, -0.2) is 71.6 Å². The van der Waals surface area contributed by atoms with E-state index in [0.29, 0.717) is 24.4 Å². The highest BCUT2D eigenvalue weighted by Crippen LogP contribution is 2.33. The van der Waals surface area contributed by atoms with Gasteiger partial charge in [0.05, 0.1) is 17.5 Å². The maximum Gasteiger partial charge on any atom is 0.254 e. The first kappa shape index (κ1) is 19.9. The van der Waals surface area contributed by atoms with Crippen molar-refractivity contribution >= 4 is 11.8 Å². The first-order chi connectivity index (χ1) is 13.1. The summed E-state index contributed by atoms with van der Waals surface area (Å²) in [7, 11) is 4.04. The van der Waals surface area contributed by atoms with Gasteiger partial charge in [-0.1, -0.05) is 19.3 Å². The van der Waals surface area contributed by atoms with Crippen LogP contribution in [0.15, 0.2) is 6.20 Å². The van der Waals surface area contributed by atoms with E-state index in [4.69, 9.17) is 0 Å². The number of nitrogens with one attached hydrogen (secondary N) is 2. The third-order valence-corrected chi connectivity index (χ3v) is 5.93. The number of likely N-dealkylation sites (N-methyl/N-ethyl adjacent to an activating group) is 1. The second-order valence-corrected chi connectivity index (χ2v) is 8.16. The Bertz CT molecular complexity index is 636. The van der Waals surface area contributed by atoms with E-state index >= 15 is 0 Å². The van der Waals surface area contributed by atoms with Gasteiger partial charge in [-0.3, -0.25) is 14.7 Å². The van der Waals surface area contributed by atoms with Gasteiger partial charge in [-0.15, -0.1) is 0 Å². The van der Waals surface area contributed by atoms with Gasteiger partial charge in [0.2, 0.25) is 5.91 Å². The highest BCUT2D eigenvalue weighted by molar-refractivity contribution is 5.95. The van der Waals surface area contributed by atoms with Gasteiger partial charge in [-0.2, -0.15) is 5.10 Å². The van der Waals surface area contributed by atoms with Crippen LogP contribution in [0.5, 0.6) is 0 Å². The van der Waals surface area contributed by atoms with Crippen LogP contribution in [0.1, 0.15) is 73.3 Å². The van der Waals surface area contributed by atoms with Gasteiger partial charge >= 0.3 is 0 Å². The Hall–Kier alpha value is -1.89. The summed E-state index contributed by atoms with van der Waals surface area (Å²) in [6, 6.07) is 0.236. The molecule has 150 valence electrons. The lowest BCUT2D eigenvalue weighted by atomic mass is 9.85. The van der Waals surface area contributed by atoms with Crippen molar-refractivity contribution in [3.8, 4) is 0 Å². The Morgan fingerprint density at radius 2 is 2.07 bits per heavy atom.